The molecule has 1 amide bonds. The molecule has 0 heterocycles. The molecule has 0 aliphatic rings. The summed E-state index contributed by atoms with van der Waals surface area (Å²) in [6.45, 7) is 6.87. The minimum atomic E-state index is -3.77. The van der Waals surface area contributed by atoms with Gasteiger partial charge >= 0.3 is 5.97 Å². The molecule has 0 aliphatic heterocycles. The number of nitrogens with two attached hydrogens (primary N) is 1. The molecule has 1 rings (SSSR count). The monoisotopic (exact) mass is 368 g/mol. The van der Waals surface area contributed by atoms with Crippen LogP contribution < -0.4 is 5.73 Å². The van der Waals surface area contributed by atoms with E-state index in [9.17, 15) is 18.0 Å². The third kappa shape index (κ3) is 5.40. The Bertz CT molecular complexity index is 726. The van der Waals surface area contributed by atoms with E-state index in [-0.39, 0.29) is 18.2 Å². The zero-order valence-electron chi connectivity index (χ0n) is 14.6. The van der Waals surface area contributed by atoms with E-state index in [4.69, 9.17) is 5.73 Å². The van der Waals surface area contributed by atoms with E-state index in [0.29, 0.717) is 11.1 Å². The summed E-state index contributed by atoms with van der Waals surface area (Å²) in [6, 6.07) is 5.31. The van der Waals surface area contributed by atoms with Crippen LogP contribution >= 0.6 is 0 Å². The second-order valence-electron chi connectivity index (χ2n) is 5.89. The van der Waals surface area contributed by atoms with Gasteiger partial charge in [0, 0.05) is 6.54 Å². The number of sulfonamides is 1. The highest BCUT2D eigenvalue weighted by molar-refractivity contribution is 7.89. The van der Waals surface area contributed by atoms with Crippen molar-refractivity contribution in [1.29, 1.82) is 0 Å². The number of ether oxygens (including phenoxy) is 1. The lowest BCUT2D eigenvalue weighted by Gasteiger charge is -2.31. The topological polar surface area (TPSA) is 107 Å². The van der Waals surface area contributed by atoms with Crippen LogP contribution in [-0.4, -0.2) is 43.5 Å². The Hall–Kier alpha value is -2.19. The molecule has 0 radical (unpaired) electrons. The molecule has 0 aromatic heterocycles. The van der Waals surface area contributed by atoms with Gasteiger partial charge in [-0.05, 0) is 23.6 Å². The average molecular weight is 368 g/mol. The highest BCUT2D eigenvalue weighted by Crippen LogP contribution is 2.20. The third-order valence-electron chi connectivity index (χ3n) is 3.63. The molecule has 1 aromatic rings. The van der Waals surface area contributed by atoms with Gasteiger partial charge in [0.05, 0.1) is 18.4 Å². The summed E-state index contributed by atoms with van der Waals surface area (Å²) in [5, 5.41) is 0. The number of methoxy groups -OCH3 is 1. The summed E-state index contributed by atoms with van der Waals surface area (Å²) in [6.07, 6.45) is 1.26. The first-order valence-corrected chi connectivity index (χ1v) is 9.32. The van der Waals surface area contributed by atoms with Crippen molar-refractivity contribution in [2.24, 2.45) is 11.7 Å². The molecule has 0 aliphatic carbocycles. The fraction of sp³-hybridized carbons (Fsp3) is 0.412. The van der Waals surface area contributed by atoms with Crippen molar-refractivity contribution in [3.05, 3.63) is 48.0 Å². The van der Waals surface area contributed by atoms with Crippen LogP contribution in [-0.2, 0) is 26.1 Å². The first-order valence-electron chi connectivity index (χ1n) is 7.71. The van der Waals surface area contributed by atoms with Crippen molar-refractivity contribution in [2.75, 3.05) is 12.9 Å². The van der Waals surface area contributed by atoms with Gasteiger partial charge in [-0.3, -0.25) is 4.79 Å². The number of nitrogens with zero attached hydrogens (tertiary/aromatic N) is 1. The smallest absolute Gasteiger partial charge is 0.337 e. The Morgan fingerprint density at radius 2 is 1.84 bits per heavy atom. The number of benzene rings is 1. The molecule has 138 valence electrons. The Labute approximate surface area is 148 Å². The highest BCUT2D eigenvalue weighted by Gasteiger charge is 2.35. The summed E-state index contributed by atoms with van der Waals surface area (Å²) in [7, 11) is -2.49. The number of carbonyl (C=O) groups is 2. The van der Waals surface area contributed by atoms with Gasteiger partial charge in [-0.2, -0.15) is 4.31 Å². The standard InChI is InChI=1S/C17H24N2O5S/c1-5-10-25(22,23)19(15(12(2)3)16(18)20)11-13-6-8-14(9-7-13)17(21)24-4/h5-9,12,15H,1,10-11H2,2-4H3,(H2,18,20). The van der Waals surface area contributed by atoms with Gasteiger partial charge in [0.2, 0.25) is 15.9 Å². The molecule has 0 fully saturated rings. The van der Waals surface area contributed by atoms with Crippen molar-refractivity contribution in [2.45, 2.75) is 26.4 Å². The van der Waals surface area contributed by atoms with Crippen molar-refractivity contribution in [3.63, 3.8) is 0 Å². The van der Waals surface area contributed by atoms with E-state index in [1.165, 1.54) is 25.3 Å². The van der Waals surface area contributed by atoms with Gasteiger partial charge in [-0.25, -0.2) is 13.2 Å². The van der Waals surface area contributed by atoms with Crippen LogP contribution in [0.3, 0.4) is 0 Å². The maximum atomic E-state index is 12.6. The number of hydrogen-bond acceptors (Lipinski definition) is 5. The number of primary amides is 1. The molecule has 0 saturated carbocycles. The van der Waals surface area contributed by atoms with Crippen LogP contribution in [0.5, 0.6) is 0 Å². The van der Waals surface area contributed by atoms with Crippen LogP contribution in [0.25, 0.3) is 0 Å². The Morgan fingerprint density at radius 3 is 2.24 bits per heavy atom. The molecule has 0 bridgehead atoms. The number of rotatable bonds is 9. The molecule has 1 aromatic carbocycles. The molecule has 8 heteroatoms. The van der Waals surface area contributed by atoms with E-state index < -0.39 is 27.9 Å². The van der Waals surface area contributed by atoms with Crippen molar-refractivity contribution in [1.82, 2.24) is 4.31 Å². The molecule has 0 saturated heterocycles. The lowest BCUT2D eigenvalue weighted by atomic mass is 10.0. The maximum Gasteiger partial charge on any atom is 0.337 e. The molecular weight excluding hydrogens is 344 g/mol. The van der Waals surface area contributed by atoms with Gasteiger partial charge in [0.1, 0.15) is 6.04 Å². The van der Waals surface area contributed by atoms with Crippen LogP contribution in [0.15, 0.2) is 36.9 Å². The lowest BCUT2D eigenvalue weighted by Crippen LogP contribution is -2.50. The Morgan fingerprint density at radius 1 is 1.28 bits per heavy atom. The number of hydrogen-bond donors (Lipinski definition) is 1. The average Bonchev–Trinajstić information content (AvgIpc) is 2.53. The lowest BCUT2D eigenvalue weighted by molar-refractivity contribution is -0.123. The summed E-state index contributed by atoms with van der Waals surface area (Å²) in [5.74, 6) is -1.80. The molecule has 7 nitrogen and oxygen atoms in total. The van der Waals surface area contributed by atoms with Crippen molar-refractivity contribution >= 4 is 21.9 Å². The minimum absolute atomic E-state index is 0.0383. The number of amides is 1. The van der Waals surface area contributed by atoms with Crippen molar-refractivity contribution < 1.29 is 22.7 Å². The molecule has 0 spiro atoms. The second-order valence-corrected chi connectivity index (χ2v) is 7.86. The third-order valence-corrected chi connectivity index (χ3v) is 5.36. The van der Waals surface area contributed by atoms with Crippen molar-refractivity contribution in [3.8, 4) is 0 Å². The molecule has 25 heavy (non-hydrogen) atoms. The first-order chi connectivity index (χ1) is 11.6. The highest BCUT2D eigenvalue weighted by atomic mass is 32.2. The van der Waals surface area contributed by atoms with Gasteiger partial charge in [0.15, 0.2) is 0 Å². The Balaban J connectivity index is 3.23. The molecular formula is C17H24N2O5S. The van der Waals surface area contributed by atoms with Crippen LogP contribution in [0.2, 0.25) is 0 Å². The minimum Gasteiger partial charge on any atom is -0.465 e. The van der Waals surface area contributed by atoms with Crippen LogP contribution in [0, 0.1) is 5.92 Å². The Kier molecular flexibility index (Phi) is 7.32. The summed E-state index contributed by atoms with van der Waals surface area (Å²) < 4.78 is 30.9. The van der Waals surface area contributed by atoms with Crippen LogP contribution in [0.1, 0.15) is 29.8 Å². The normalized spacial score (nSPS) is 12.8. The van der Waals surface area contributed by atoms with Gasteiger partial charge in [-0.15, -0.1) is 6.58 Å². The van der Waals surface area contributed by atoms with E-state index >= 15 is 0 Å². The zero-order chi connectivity index (χ0) is 19.2. The van der Waals surface area contributed by atoms with Gasteiger partial charge in [0.25, 0.3) is 0 Å². The number of esters is 1. The predicted molar refractivity (Wildman–Crippen MR) is 95.1 cm³/mol. The first kappa shape index (κ1) is 20.9. The largest absolute Gasteiger partial charge is 0.465 e. The van der Waals surface area contributed by atoms with Gasteiger partial charge < -0.3 is 10.5 Å². The number of carbonyl (C=O) groups excluding carboxylic acids is 2. The quantitative estimate of drug-likeness (QED) is 0.522. The maximum absolute atomic E-state index is 12.6. The van der Waals surface area contributed by atoms with E-state index in [1.54, 1.807) is 26.0 Å². The van der Waals surface area contributed by atoms with E-state index in [2.05, 4.69) is 11.3 Å². The van der Waals surface area contributed by atoms with E-state index in [1.807, 2.05) is 0 Å². The molecule has 1 atom stereocenters. The summed E-state index contributed by atoms with van der Waals surface area (Å²) >= 11 is 0. The summed E-state index contributed by atoms with van der Waals surface area (Å²) in [5.41, 5.74) is 6.40. The zero-order valence-corrected chi connectivity index (χ0v) is 15.5. The van der Waals surface area contributed by atoms with Crippen LogP contribution in [0.4, 0.5) is 0 Å². The fourth-order valence-electron chi connectivity index (χ4n) is 2.46. The second kappa shape index (κ2) is 8.77. The molecule has 1 unspecified atom stereocenters. The van der Waals surface area contributed by atoms with E-state index in [0.717, 1.165) is 4.31 Å². The molecule has 2 N–H and O–H groups in total. The predicted octanol–water partition coefficient (Wildman–Crippen LogP) is 1.30. The fourth-order valence-corrected chi connectivity index (χ4v) is 3.99. The SMILES string of the molecule is C=CCS(=O)(=O)N(Cc1ccc(C(=O)OC)cc1)C(C(N)=O)C(C)C. The summed E-state index contributed by atoms with van der Waals surface area (Å²) in [4.78, 5) is 23.3. The van der Waals surface area contributed by atoms with Gasteiger partial charge in [-0.1, -0.05) is 32.1 Å².